The van der Waals surface area contributed by atoms with Gasteiger partial charge in [-0.3, -0.25) is 0 Å². The molecule has 2 nitrogen and oxygen atoms in total. The molecule has 0 radical (unpaired) electrons. The molecule has 0 saturated heterocycles. The summed E-state index contributed by atoms with van der Waals surface area (Å²) < 4.78 is 7.22. The highest BCUT2D eigenvalue weighted by atomic mass is 79.9. The van der Waals surface area contributed by atoms with Gasteiger partial charge in [0.2, 0.25) is 0 Å². The van der Waals surface area contributed by atoms with Gasteiger partial charge in [0.1, 0.15) is 5.75 Å². The van der Waals surface area contributed by atoms with Crippen LogP contribution < -0.4 is 4.43 Å². The van der Waals surface area contributed by atoms with Crippen LogP contribution in [0, 0.1) is 5.41 Å². The lowest BCUT2D eigenvalue weighted by molar-refractivity contribution is 0.0814. The van der Waals surface area contributed by atoms with E-state index in [2.05, 4.69) is 56.4 Å². The van der Waals surface area contributed by atoms with Gasteiger partial charge in [-0.1, -0.05) is 52.8 Å². The zero-order valence-corrected chi connectivity index (χ0v) is 17.4. The first-order valence-corrected chi connectivity index (χ1v) is 11.3. The molecule has 0 heterocycles. The second-order valence-electron chi connectivity index (χ2n) is 7.95. The molecule has 0 spiro atoms. The van der Waals surface area contributed by atoms with Gasteiger partial charge < -0.3 is 9.53 Å². The van der Waals surface area contributed by atoms with Gasteiger partial charge in [0.05, 0.1) is 10.6 Å². The third kappa shape index (κ3) is 4.03. The fraction of sp³-hybridized carbons (Fsp3) is 0.556. The fourth-order valence-electron chi connectivity index (χ4n) is 1.76. The Morgan fingerprint density at radius 3 is 2.23 bits per heavy atom. The molecule has 1 N–H and O–H groups in total. The molecule has 0 bridgehead atoms. The van der Waals surface area contributed by atoms with Crippen LogP contribution in [0.1, 0.15) is 46.3 Å². The summed E-state index contributed by atoms with van der Waals surface area (Å²) >= 11 is 3.63. The summed E-state index contributed by atoms with van der Waals surface area (Å²) in [6.07, 6.45) is 1.15. The van der Waals surface area contributed by atoms with E-state index < -0.39 is 19.8 Å². The van der Waals surface area contributed by atoms with Crippen LogP contribution in [-0.2, 0) is 0 Å². The third-order valence-electron chi connectivity index (χ3n) is 4.69. The third-order valence-corrected chi connectivity index (χ3v) is 9.88. The minimum atomic E-state index is -1.92. The molecule has 22 heavy (non-hydrogen) atoms. The van der Waals surface area contributed by atoms with Crippen LogP contribution in [0.2, 0.25) is 18.1 Å². The van der Waals surface area contributed by atoms with Crippen molar-refractivity contribution in [3.05, 3.63) is 40.9 Å². The van der Waals surface area contributed by atoms with E-state index in [-0.39, 0.29) is 5.04 Å². The smallest absolute Gasteiger partial charge is 0.250 e. The van der Waals surface area contributed by atoms with Crippen molar-refractivity contribution in [2.75, 3.05) is 0 Å². The molecule has 0 aliphatic rings. The fourth-order valence-corrected chi connectivity index (χ4v) is 3.50. The summed E-state index contributed by atoms with van der Waals surface area (Å²) in [5.74, 6) is 0.808. The van der Waals surface area contributed by atoms with Gasteiger partial charge in [-0.15, -0.1) is 6.58 Å². The van der Waals surface area contributed by atoms with Gasteiger partial charge in [0.25, 0.3) is 8.32 Å². The summed E-state index contributed by atoms with van der Waals surface area (Å²) in [7, 11) is -1.92. The molecule has 0 unspecified atom stereocenters. The number of aliphatic hydroxyl groups excluding tert-OH is 1. The van der Waals surface area contributed by atoms with Crippen molar-refractivity contribution in [1.82, 2.24) is 0 Å². The number of hydrogen-bond donors (Lipinski definition) is 1. The van der Waals surface area contributed by atoms with Gasteiger partial charge in [-0.25, -0.2) is 0 Å². The molecule has 124 valence electrons. The van der Waals surface area contributed by atoms with Crippen LogP contribution in [0.3, 0.4) is 0 Å². The molecular formula is C18H29BrO2Si. The molecule has 0 aliphatic carbocycles. The van der Waals surface area contributed by atoms with E-state index in [0.29, 0.717) is 0 Å². The first-order valence-electron chi connectivity index (χ1n) is 7.62. The molecule has 0 saturated carbocycles. The van der Waals surface area contributed by atoms with Crippen molar-refractivity contribution in [3.63, 3.8) is 0 Å². The van der Waals surface area contributed by atoms with Gasteiger partial charge in [-0.05, 0) is 45.7 Å². The van der Waals surface area contributed by atoms with Crippen molar-refractivity contribution in [2.24, 2.45) is 5.41 Å². The molecule has 0 aliphatic heterocycles. The normalized spacial score (nSPS) is 14.6. The minimum absolute atomic E-state index is 0.126. The lowest BCUT2D eigenvalue weighted by Gasteiger charge is -2.37. The zero-order chi connectivity index (χ0) is 17.3. The molecule has 1 aromatic carbocycles. The van der Waals surface area contributed by atoms with Crippen LogP contribution in [0.15, 0.2) is 35.3 Å². The monoisotopic (exact) mass is 384 g/mol. The molecule has 0 amide bonds. The Bertz CT molecular complexity index is 545. The summed E-state index contributed by atoms with van der Waals surface area (Å²) in [4.78, 5) is 0. The molecule has 1 rings (SSSR count). The second kappa shape index (κ2) is 6.50. The average Bonchev–Trinajstić information content (AvgIpc) is 2.39. The highest BCUT2D eigenvalue weighted by Gasteiger charge is 2.39. The van der Waals surface area contributed by atoms with E-state index >= 15 is 0 Å². The molecule has 0 aromatic heterocycles. The van der Waals surface area contributed by atoms with E-state index in [4.69, 9.17) is 4.43 Å². The number of rotatable bonds is 5. The van der Waals surface area contributed by atoms with E-state index in [1.165, 1.54) is 0 Å². The van der Waals surface area contributed by atoms with Gasteiger partial charge in [-0.2, -0.15) is 0 Å². The van der Waals surface area contributed by atoms with Crippen LogP contribution >= 0.6 is 15.9 Å². The van der Waals surface area contributed by atoms with Crippen molar-refractivity contribution in [1.29, 1.82) is 0 Å². The maximum atomic E-state index is 10.7. The second-order valence-corrected chi connectivity index (χ2v) is 13.5. The van der Waals surface area contributed by atoms with Crippen molar-refractivity contribution in [2.45, 2.75) is 58.9 Å². The highest BCUT2D eigenvalue weighted by Crippen LogP contribution is 2.43. The van der Waals surface area contributed by atoms with Gasteiger partial charge in [0.15, 0.2) is 0 Å². The Balaban J connectivity index is 3.23. The first-order chi connectivity index (χ1) is 9.83. The zero-order valence-electron chi connectivity index (χ0n) is 14.8. The number of benzene rings is 1. The maximum Gasteiger partial charge on any atom is 0.250 e. The Labute approximate surface area is 144 Å². The van der Waals surface area contributed by atoms with E-state index in [9.17, 15) is 5.11 Å². The van der Waals surface area contributed by atoms with Crippen LogP contribution in [-0.4, -0.2) is 13.4 Å². The Morgan fingerprint density at radius 2 is 1.77 bits per heavy atom. The quantitative estimate of drug-likeness (QED) is 0.492. The van der Waals surface area contributed by atoms with E-state index in [1.54, 1.807) is 6.08 Å². The molecule has 1 aromatic rings. The Morgan fingerprint density at radius 1 is 1.23 bits per heavy atom. The SMILES string of the molecule is C=CC(C)(C)[C@H](O)c1cccc(O[Si](C)(C)C(C)(C)C)c1Br. The summed E-state index contributed by atoms with van der Waals surface area (Å²) in [6, 6.07) is 5.82. The largest absolute Gasteiger partial charge is 0.543 e. The van der Waals surface area contributed by atoms with Crippen molar-refractivity contribution in [3.8, 4) is 5.75 Å². The first kappa shape index (κ1) is 19.5. The van der Waals surface area contributed by atoms with Crippen LogP contribution in [0.25, 0.3) is 0 Å². The molecular weight excluding hydrogens is 356 g/mol. The standard InChI is InChI=1S/C18H29BrO2Si/c1-9-18(5,6)16(20)13-11-10-12-14(15(13)19)21-22(7,8)17(2,3)4/h9-12,16,20H,1H2,2-8H3/t16-/m1/s1. The maximum absolute atomic E-state index is 10.7. The van der Waals surface area contributed by atoms with Gasteiger partial charge in [0, 0.05) is 5.41 Å². The predicted octanol–water partition coefficient (Wildman–Crippen LogP) is 6.08. The van der Waals surface area contributed by atoms with E-state index in [1.807, 2.05) is 32.0 Å². The lowest BCUT2D eigenvalue weighted by atomic mass is 9.83. The van der Waals surface area contributed by atoms with Crippen molar-refractivity contribution >= 4 is 24.2 Å². The number of hydrogen-bond acceptors (Lipinski definition) is 2. The topological polar surface area (TPSA) is 29.5 Å². The van der Waals surface area contributed by atoms with Crippen LogP contribution in [0.5, 0.6) is 5.75 Å². The Kier molecular flexibility index (Phi) is 5.75. The predicted molar refractivity (Wildman–Crippen MR) is 101 cm³/mol. The summed E-state index contributed by atoms with van der Waals surface area (Å²) in [5.41, 5.74) is 0.430. The van der Waals surface area contributed by atoms with Crippen molar-refractivity contribution < 1.29 is 9.53 Å². The molecule has 0 fully saturated rings. The molecule has 1 atom stereocenters. The highest BCUT2D eigenvalue weighted by molar-refractivity contribution is 9.10. The lowest BCUT2D eigenvalue weighted by Crippen LogP contribution is -2.44. The average molecular weight is 385 g/mol. The van der Waals surface area contributed by atoms with Gasteiger partial charge >= 0.3 is 0 Å². The Hall–Kier alpha value is -0.583. The number of aliphatic hydroxyl groups is 1. The minimum Gasteiger partial charge on any atom is -0.543 e. The molecule has 4 heteroatoms. The number of halogens is 1. The summed E-state index contributed by atoms with van der Waals surface area (Å²) in [6.45, 7) is 18.8. The van der Waals surface area contributed by atoms with Crippen LogP contribution in [0.4, 0.5) is 0 Å². The van der Waals surface area contributed by atoms with E-state index in [0.717, 1.165) is 15.8 Å². The summed E-state index contributed by atoms with van der Waals surface area (Å²) in [5, 5.41) is 10.8.